The van der Waals surface area contributed by atoms with Crippen LogP contribution in [-0.4, -0.2) is 37.4 Å². The van der Waals surface area contributed by atoms with Crippen LogP contribution in [0.15, 0.2) is 0 Å². The van der Waals surface area contributed by atoms with E-state index in [0.29, 0.717) is 25.2 Å². The molecule has 0 aliphatic carbocycles. The van der Waals surface area contributed by atoms with Crippen LogP contribution in [0.2, 0.25) is 0 Å². The molecule has 3 N–H and O–H groups in total. The molecule has 0 aliphatic heterocycles. The van der Waals surface area contributed by atoms with E-state index in [4.69, 9.17) is 0 Å². The molecule has 6 nitrogen and oxygen atoms in total. The molecule has 0 rings (SSSR count). The van der Waals surface area contributed by atoms with Gasteiger partial charge in [-0.25, -0.2) is 0 Å². The van der Waals surface area contributed by atoms with Gasteiger partial charge in [0.05, 0.1) is 0 Å². The lowest BCUT2D eigenvalue weighted by Crippen LogP contribution is -2.26. The molecule has 362 valence electrons. The van der Waals surface area contributed by atoms with Gasteiger partial charge in [-0.1, -0.05) is 252 Å². The zero-order valence-electron chi connectivity index (χ0n) is 41.7. The van der Waals surface area contributed by atoms with Crippen LogP contribution in [0.4, 0.5) is 0 Å². The second-order valence-electron chi connectivity index (χ2n) is 19.3. The van der Waals surface area contributed by atoms with Crippen LogP contribution in [0.25, 0.3) is 0 Å². The van der Waals surface area contributed by atoms with Gasteiger partial charge in [0.25, 0.3) is 0 Å². The van der Waals surface area contributed by atoms with Crippen molar-refractivity contribution < 1.29 is 14.4 Å². The molecule has 0 aromatic carbocycles. The number of unbranched alkanes of at least 4 members (excludes halogenated alkanes) is 35. The van der Waals surface area contributed by atoms with Gasteiger partial charge in [-0.15, -0.1) is 0 Å². The zero-order chi connectivity index (χ0) is 44.4. The van der Waals surface area contributed by atoms with Crippen LogP contribution in [-0.2, 0) is 14.4 Å². The summed E-state index contributed by atoms with van der Waals surface area (Å²) < 4.78 is 0. The molecular weight excluding hydrogens is 751 g/mol. The lowest BCUT2D eigenvalue weighted by atomic mass is 9.91. The van der Waals surface area contributed by atoms with E-state index in [0.717, 1.165) is 77.4 Å². The van der Waals surface area contributed by atoms with Crippen LogP contribution in [0, 0.1) is 5.92 Å². The topological polar surface area (TPSA) is 87.3 Å². The van der Waals surface area contributed by atoms with Crippen LogP contribution >= 0.6 is 0 Å². The summed E-state index contributed by atoms with van der Waals surface area (Å²) in [4.78, 5) is 38.0. The van der Waals surface area contributed by atoms with Crippen molar-refractivity contribution in [2.75, 3.05) is 19.6 Å². The van der Waals surface area contributed by atoms with Crippen LogP contribution < -0.4 is 16.0 Å². The molecule has 0 atom stereocenters. The van der Waals surface area contributed by atoms with Crippen molar-refractivity contribution in [3.05, 3.63) is 0 Å². The molecule has 6 heteroatoms. The lowest BCUT2D eigenvalue weighted by Gasteiger charge is -2.17. The van der Waals surface area contributed by atoms with Crippen molar-refractivity contribution in [1.29, 1.82) is 0 Å². The predicted octanol–water partition coefficient (Wildman–Crippen LogP) is 16.6. The van der Waals surface area contributed by atoms with Gasteiger partial charge in [-0.2, -0.15) is 0 Å². The third kappa shape index (κ3) is 49.3. The fraction of sp³-hybridized carbons (Fsp3) is 0.945. The molecule has 0 aromatic heterocycles. The third-order valence-electron chi connectivity index (χ3n) is 13.1. The smallest absolute Gasteiger partial charge is 0.220 e. The van der Waals surface area contributed by atoms with E-state index in [-0.39, 0.29) is 17.7 Å². The summed E-state index contributed by atoms with van der Waals surface area (Å²) in [6.45, 7) is 9.21. The Bertz CT molecular complexity index is 865. The Morgan fingerprint density at radius 2 is 0.492 bits per heavy atom. The average Bonchev–Trinajstić information content (AvgIpc) is 3.26. The van der Waals surface area contributed by atoms with Gasteiger partial charge in [-0.3, -0.25) is 14.4 Å². The zero-order valence-corrected chi connectivity index (χ0v) is 41.7. The van der Waals surface area contributed by atoms with Gasteiger partial charge in [0.1, 0.15) is 0 Å². The molecule has 0 unspecified atom stereocenters. The molecule has 0 aromatic rings. The Kier molecular flexibility index (Phi) is 49.7. The summed E-state index contributed by atoms with van der Waals surface area (Å²) in [7, 11) is 0. The van der Waals surface area contributed by atoms with Gasteiger partial charge in [0, 0.05) is 38.9 Å². The third-order valence-corrected chi connectivity index (χ3v) is 13.1. The van der Waals surface area contributed by atoms with Crippen molar-refractivity contribution in [3.63, 3.8) is 0 Å². The second kappa shape index (κ2) is 51.0. The van der Waals surface area contributed by atoms with Crippen molar-refractivity contribution in [2.45, 2.75) is 310 Å². The maximum Gasteiger partial charge on any atom is 0.220 e. The van der Waals surface area contributed by atoms with Gasteiger partial charge in [0.15, 0.2) is 0 Å². The van der Waals surface area contributed by atoms with Crippen molar-refractivity contribution in [1.82, 2.24) is 16.0 Å². The molecule has 0 saturated carbocycles. The maximum absolute atomic E-state index is 12.8. The molecule has 0 spiro atoms. The number of nitrogens with one attached hydrogen (secondary N) is 3. The highest BCUT2D eigenvalue weighted by atomic mass is 16.2. The highest BCUT2D eigenvalue weighted by molar-refractivity contribution is 5.76. The van der Waals surface area contributed by atoms with Gasteiger partial charge in [0.2, 0.25) is 17.7 Å². The van der Waals surface area contributed by atoms with Crippen LogP contribution in [0.1, 0.15) is 310 Å². The molecular formula is C55H109N3O3. The fourth-order valence-corrected chi connectivity index (χ4v) is 8.85. The van der Waals surface area contributed by atoms with Crippen molar-refractivity contribution >= 4 is 17.7 Å². The van der Waals surface area contributed by atoms with Gasteiger partial charge < -0.3 is 16.0 Å². The normalized spacial score (nSPS) is 11.4. The Hall–Kier alpha value is -1.59. The van der Waals surface area contributed by atoms with E-state index in [2.05, 4.69) is 36.7 Å². The van der Waals surface area contributed by atoms with E-state index in [9.17, 15) is 14.4 Å². The first kappa shape index (κ1) is 59.4. The minimum absolute atomic E-state index is 0.161. The molecule has 3 amide bonds. The number of rotatable bonds is 51. The first-order valence-corrected chi connectivity index (χ1v) is 27.8. The minimum atomic E-state index is 0.161. The highest BCUT2D eigenvalue weighted by Crippen LogP contribution is 2.22. The van der Waals surface area contributed by atoms with E-state index < -0.39 is 0 Å². The number of amides is 3. The first-order chi connectivity index (χ1) is 30.0. The SMILES string of the molecule is CCCCCCCCCCCCCCNC(=O)CCCCCC(CCC(=O)NCCCCCCCCCCCCCC)CCC(=O)NCCCCCCCCCCCCCC. The molecule has 0 aliphatic rings. The molecule has 0 heterocycles. The predicted molar refractivity (Wildman–Crippen MR) is 267 cm³/mol. The number of hydrogen-bond acceptors (Lipinski definition) is 3. The van der Waals surface area contributed by atoms with Crippen molar-refractivity contribution in [2.24, 2.45) is 5.92 Å². The average molecular weight is 860 g/mol. The number of hydrogen-bond donors (Lipinski definition) is 3. The quantitative estimate of drug-likeness (QED) is 0.0533. The Balaban J connectivity index is 4.27. The van der Waals surface area contributed by atoms with Gasteiger partial charge >= 0.3 is 0 Å². The second-order valence-corrected chi connectivity index (χ2v) is 19.3. The Labute approximate surface area is 382 Å². The van der Waals surface area contributed by atoms with Gasteiger partial charge in [-0.05, 0) is 44.4 Å². The highest BCUT2D eigenvalue weighted by Gasteiger charge is 2.14. The molecule has 0 fully saturated rings. The monoisotopic (exact) mass is 860 g/mol. The molecule has 0 bridgehead atoms. The summed E-state index contributed by atoms with van der Waals surface area (Å²) >= 11 is 0. The molecule has 61 heavy (non-hydrogen) atoms. The maximum atomic E-state index is 12.8. The first-order valence-electron chi connectivity index (χ1n) is 27.8. The Morgan fingerprint density at radius 1 is 0.262 bits per heavy atom. The summed E-state index contributed by atoms with van der Waals surface area (Å²) in [6, 6.07) is 0. The summed E-state index contributed by atoms with van der Waals surface area (Å²) in [5.41, 5.74) is 0. The van der Waals surface area contributed by atoms with Crippen molar-refractivity contribution in [3.8, 4) is 0 Å². The summed E-state index contributed by atoms with van der Waals surface area (Å²) in [5.74, 6) is 0.882. The van der Waals surface area contributed by atoms with E-state index in [1.54, 1.807) is 0 Å². The standard InChI is InChI=1S/C55H109N3O3/c1-4-7-10-13-16-19-22-25-28-31-34-40-49-56-53(59)44-39-37-38-43-52(45-47-54(60)57-50-41-35-32-29-26-23-20-17-14-11-8-5-2)46-48-55(61)58-51-42-36-33-30-27-24-21-18-15-12-9-6-3/h52H,4-51H2,1-3H3,(H,56,59)(H,57,60)(H,58,61). The Morgan fingerprint density at radius 3 is 0.770 bits per heavy atom. The van der Waals surface area contributed by atoms with Crippen LogP contribution in [0.5, 0.6) is 0 Å². The van der Waals surface area contributed by atoms with E-state index in [1.165, 1.54) is 212 Å². The fourth-order valence-electron chi connectivity index (χ4n) is 8.85. The van der Waals surface area contributed by atoms with E-state index in [1.807, 2.05) is 0 Å². The summed E-state index contributed by atoms with van der Waals surface area (Å²) in [5, 5.41) is 9.50. The number of carbonyl (C=O) groups is 3. The summed E-state index contributed by atoms with van der Waals surface area (Å²) in [6.07, 6.45) is 55.2. The largest absolute Gasteiger partial charge is 0.356 e. The number of carbonyl (C=O) groups excluding carboxylic acids is 3. The van der Waals surface area contributed by atoms with Crippen LogP contribution in [0.3, 0.4) is 0 Å². The molecule has 0 radical (unpaired) electrons. The van der Waals surface area contributed by atoms with E-state index >= 15 is 0 Å². The minimum Gasteiger partial charge on any atom is -0.356 e. The molecule has 0 saturated heterocycles. The lowest BCUT2D eigenvalue weighted by molar-refractivity contribution is -0.122.